The van der Waals surface area contributed by atoms with E-state index in [0.29, 0.717) is 16.3 Å². The largest absolute Gasteiger partial charge is 0.394 e. The van der Waals surface area contributed by atoms with Gasteiger partial charge in [0.15, 0.2) is 0 Å². The minimum atomic E-state index is -1.15. The Morgan fingerprint density at radius 3 is 1.40 bits per heavy atom. The van der Waals surface area contributed by atoms with Crippen molar-refractivity contribution in [3.63, 3.8) is 0 Å². The van der Waals surface area contributed by atoms with Crippen molar-refractivity contribution in [3.8, 4) is 0 Å². The highest BCUT2D eigenvalue weighted by molar-refractivity contribution is 14.1. The van der Waals surface area contributed by atoms with Crippen molar-refractivity contribution in [3.05, 3.63) is 27.4 Å². The first-order chi connectivity index (χ1) is 14.1. The lowest BCUT2D eigenvalue weighted by Crippen LogP contribution is -2.37. The molecule has 3 unspecified atom stereocenters. The van der Waals surface area contributed by atoms with Crippen LogP contribution in [0.25, 0.3) is 0 Å². The number of carbonyl (C=O) groups is 2. The van der Waals surface area contributed by atoms with Crippen LogP contribution in [-0.2, 0) is 6.42 Å². The molecule has 0 saturated heterocycles. The molecule has 1 aromatic carbocycles. The Bertz CT molecular complexity index is 712. The molecule has 30 heavy (non-hydrogen) atoms. The van der Waals surface area contributed by atoms with Gasteiger partial charge >= 0.3 is 0 Å². The predicted molar refractivity (Wildman–Crippen MR) is 132 cm³/mol. The summed E-state index contributed by atoms with van der Waals surface area (Å²) < 4.78 is 1.25. The van der Waals surface area contributed by atoms with Crippen molar-refractivity contribution in [2.75, 3.05) is 32.9 Å². The summed E-state index contributed by atoms with van der Waals surface area (Å²) >= 11 is 5.69. The number of nitrogens with one attached hydrogen (secondary N) is 2. The number of rotatable bonds is 11. The molecule has 0 radical (unpaired) electrons. The highest BCUT2D eigenvalue weighted by Gasteiger charge is 2.28. The van der Waals surface area contributed by atoms with Gasteiger partial charge in [-0.15, -0.1) is 0 Å². The lowest BCUT2D eigenvalue weighted by Gasteiger charge is -2.21. The average molecular weight is 764 g/mol. The zero-order valence-corrected chi connectivity index (χ0v) is 22.1. The van der Waals surface area contributed by atoms with Gasteiger partial charge in [-0.05, 0) is 73.3 Å². The maximum absolute atomic E-state index is 12.8. The topological polar surface area (TPSA) is 180 Å². The van der Waals surface area contributed by atoms with Gasteiger partial charge in [0.2, 0.25) is 0 Å². The van der Waals surface area contributed by atoms with Crippen LogP contribution in [0.3, 0.4) is 0 Å². The summed E-state index contributed by atoms with van der Waals surface area (Å²) in [5.74, 6) is -1.17. The molecule has 0 heterocycles. The quantitative estimate of drug-likeness (QED) is 0.126. The van der Waals surface area contributed by atoms with Gasteiger partial charge in [-0.2, -0.15) is 0 Å². The minimum Gasteiger partial charge on any atom is -0.394 e. The molecule has 0 fully saturated rings. The molecule has 13 heteroatoms. The van der Waals surface area contributed by atoms with Gasteiger partial charge in [-0.3, -0.25) is 9.59 Å². The number of aliphatic hydroxyl groups excluding tert-OH is 6. The Balaban J connectivity index is 3.46. The van der Waals surface area contributed by atoms with Gasteiger partial charge in [0.1, 0.15) is 0 Å². The van der Waals surface area contributed by atoms with Gasteiger partial charge in [0.05, 0.1) is 49.3 Å². The van der Waals surface area contributed by atoms with Crippen LogP contribution in [0.2, 0.25) is 0 Å². The Labute approximate surface area is 213 Å². The summed E-state index contributed by atoms with van der Waals surface area (Å²) in [7, 11) is 0. The number of hydrogen-bond donors (Lipinski definition) is 8. The second-order valence-electron chi connectivity index (χ2n) is 6.30. The van der Waals surface area contributed by atoms with Crippen LogP contribution < -0.4 is 10.6 Å². The fourth-order valence-corrected chi connectivity index (χ4v) is 6.91. The highest BCUT2D eigenvalue weighted by atomic mass is 127. The van der Waals surface area contributed by atoms with E-state index < -0.39 is 49.9 Å². The first kappa shape index (κ1) is 28.1. The van der Waals surface area contributed by atoms with E-state index in [-0.39, 0.29) is 30.6 Å². The fourth-order valence-electron chi connectivity index (χ4n) is 2.32. The molecule has 8 N–H and O–H groups in total. The summed E-state index contributed by atoms with van der Waals surface area (Å²) in [6.45, 7) is -1.98. The minimum absolute atomic E-state index is 0.0109. The van der Waals surface area contributed by atoms with Gasteiger partial charge < -0.3 is 41.3 Å². The molecule has 10 nitrogen and oxygen atoms in total. The molecule has 0 aliphatic heterocycles. The Morgan fingerprint density at radius 1 is 0.700 bits per heavy atom. The van der Waals surface area contributed by atoms with Crippen LogP contribution in [-0.4, -0.2) is 93.7 Å². The summed E-state index contributed by atoms with van der Waals surface area (Å²) in [6.07, 6.45) is -3.41. The number of carbonyl (C=O) groups excluding carboxylic acids is 2. The van der Waals surface area contributed by atoms with Crippen LogP contribution in [0.4, 0.5) is 0 Å². The number of hydrogen-bond acceptors (Lipinski definition) is 8. The van der Waals surface area contributed by atoms with E-state index >= 15 is 0 Å². The van der Waals surface area contributed by atoms with Gasteiger partial charge in [-0.25, -0.2) is 0 Å². The number of amides is 2. The second-order valence-corrected chi connectivity index (χ2v) is 9.54. The molecule has 0 spiro atoms. The summed E-state index contributed by atoms with van der Waals surface area (Å²) in [6, 6.07) is 0. The van der Waals surface area contributed by atoms with Crippen molar-refractivity contribution in [1.82, 2.24) is 10.6 Å². The molecule has 0 saturated carbocycles. The van der Waals surface area contributed by atoms with Gasteiger partial charge in [0, 0.05) is 30.2 Å². The SMILES string of the molecule is O=C(NCC(O)CO)c1c(I)c(CC(O)CO)c(I)c(C(=O)NCC(O)CO)c1I. The average Bonchev–Trinajstić information content (AvgIpc) is 2.72. The molecule has 0 bridgehead atoms. The van der Waals surface area contributed by atoms with E-state index in [1.165, 1.54) is 0 Å². The zero-order chi connectivity index (χ0) is 23.0. The maximum Gasteiger partial charge on any atom is 0.253 e. The second kappa shape index (κ2) is 13.6. The molecule has 0 aliphatic rings. The normalized spacial score (nSPS) is 14.2. The fraction of sp³-hybridized carbons (Fsp3) is 0.529. The van der Waals surface area contributed by atoms with E-state index in [1.54, 1.807) is 0 Å². The number of aliphatic hydroxyl groups is 6. The zero-order valence-electron chi connectivity index (χ0n) is 15.6. The number of halogens is 3. The van der Waals surface area contributed by atoms with E-state index in [1.807, 2.05) is 67.8 Å². The maximum atomic E-state index is 12.8. The highest BCUT2D eigenvalue weighted by Crippen LogP contribution is 2.33. The van der Waals surface area contributed by atoms with Crippen LogP contribution in [0, 0.1) is 10.7 Å². The van der Waals surface area contributed by atoms with Gasteiger partial charge in [-0.1, -0.05) is 0 Å². The van der Waals surface area contributed by atoms with Crippen molar-refractivity contribution in [2.45, 2.75) is 24.7 Å². The molecular formula is C17H23I3N2O8. The molecule has 0 aliphatic carbocycles. The first-order valence-electron chi connectivity index (χ1n) is 8.71. The molecule has 2 amide bonds. The van der Waals surface area contributed by atoms with E-state index in [9.17, 15) is 30.0 Å². The van der Waals surface area contributed by atoms with Crippen molar-refractivity contribution in [2.24, 2.45) is 0 Å². The van der Waals surface area contributed by atoms with E-state index in [4.69, 9.17) is 10.2 Å². The Hall–Kier alpha value is 0.110. The third kappa shape index (κ3) is 7.61. The summed E-state index contributed by atoms with van der Waals surface area (Å²) in [4.78, 5) is 25.6. The molecule has 1 rings (SSSR count). The molecule has 1 aromatic rings. The van der Waals surface area contributed by atoms with Crippen LogP contribution in [0.5, 0.6) is 0 Å². The monoisotopic (exact) mass is 764 g/mol. The molecule has 170 valence electrons. The van der Waals surface area contributed by atoms with E-state index in [0.717, 1.165) is 0 Å². The Morgan fingerprint density at radius 2 is 1.07 bits per heavy atom. The van der Waals surface area contributed by atoms with Gasteiger partial charge in [0.25, 0.3) is 11.8 Å². The standard InChI is InChI=1S/C17H23I3N2O8/c18-13-10(1-7(26)4-23)14(19)12(17(30)22-3-9(28)6-25)15(20)11(13)16(29)21-2-8(27)5-24/h7-9,23-28H,1-6H2,(H,21,29)(H,22,30). The predicted octanol–water partition coefficient (Wildman–Crippen LogP) is -1.44. The summed E-state index contributed by atoms with van der Waals surface area (Å²) in [5.41, 5.74) is 0.781. The molecule has 3 atom stereocenters. The molecule has 0 aromatic heterocycles. The lowest BCUT2D eigenvalue weighted by atomic mass is 10.00. The van der Waals surface area contributed by atoms with Crippen LogP contribution in [0.1, 0.15) is 26.3 Å². The molecular weight excluding hydrogens is 741 g/mol. The third-order valence-electron chi connectivity index (χ3n) is 3.93. The lowest BCUT2D eigenvalue weighted by molar-refractivity contribution is 0.0796. The number of benzene rings is 1. The van der Waals surface area contributed by atoms with E-state index in [2.05, 4.69) is 10.6 Å². The summed E-state index contributed by atoms with van der Waals surface area (Å²) in [5, 5.41) is 61.0. The third-order valence-corrected chi connectivity index (χ3v) is 7.39. The smallest absolute Gasteiger partial charge is 0.253 e. The van der Waals surface area contributed by atoms with Crippen molar-refractivity contribution < 1.29 is 40.2 Å². The van der Waals surface area contributed by atoms with Crippen LogP contribution in [0.15, 0.2) is 0 Å². The first-order valence-corrected chi connectivity index (χ1v) is 11.9. The van der Waals surface area contributed by atoms with Crippen molar-refractivity contribution >= 4 is 79.6 Å². The Kier molecular flexibility index (Phi) is 12.8. The van der Waals surface area contributed by atoms with Crippen LogP contribution >= 0.6 is 67.8 Å². The van der Waals surface area contributed by atoms with Crippen molar-refractivity contribution in [1.29, 1.82) is 0 Å².